The van der Waals surface area contributed by atoms with E-state index >= 15 is 0 Å². The first-order valence-electron chi connectivity index (χ1n) is 8.03. The largest absolute Gasteiger partial charge is 0.495 e. The van der Waals surface area contributed by atoms with Gasteiger partial charge in [-0.2, -0.15) is 5.26 Å². The van der Waals surface area contributed by atoms with E-state index in [1.807, 2.05) is 24.3 Å². The highest BCUT2D eigenvalue weighted by molar-refractivity contribution is 5.59. The number of benzene rings is 1. The third kappa shape index (κ3) is 2.72. The molecular formula is C18H24N2O. The number of nitrogens with one attached hydrogen (secondary N) is 1. The normalized spacial score (nSPS) is 22.7. The van der Waals surface area contributed by atoms with Gasteiger partial charge in [-0.3, -0.25) is 0 Å². The molecule has 2 aliphatic rings. The Morgan fingerprint density at radius 2 is 1.71 bits per heavy atom. The second-order valence-electron chi connectivity index (χ2n) is 6.73. The second-order valence-corrected chi connectivity index (χ2v) is 6.73. The molecule has 0 amide bonds. The fourth-order valence-corrected chi connectivity index (χ4v) is 4.10. The molecule has 0 unspecified atom stereocenters. The molecule has 3 rings (SSSR count). The van der Waals surface area contributed by atoms with Crippen molar-refractivity contribution < 1.29 is 4.74 Å². The standard InChI is InChI=1S/C18H24N2O/c1-21-16-7-3-2-6-15(16)20-18(14-19)12-10-17(11-13-18)8-4-5-9-17/h2-3,6-7,20H,4-5,8-13H2,1H3. The quantitative estimate of drug-likeness (QED) is 0.888. The highest BCUT2D eigenvalue weighted by Crippen LogP contribution is 2.51. The van der Waals surface area contributed by atoms with Crippen LogP contribution in [0.3, 0.4) is 0 Å². The smallest absolute Gasteiger partial charge is 0.141 e. The number of nitrogens with zero attached hydrogens (tertiary/aromatic N) is 1. The van der Waals surface area contributed by atoms with Gasteiger partial charge < -0.3 is 10.1 Å². The molecule has 0 saturated heterocycles. The van der Waals surface area contributed by atoms with Crippen LogP contribution < -0.4 is 10.1 Å². The van der Waals surface area contributed by atoms with Crippen molar-refractivity contribution in [3.63, 3.8) is 0 Å². The Morgan fingerprint density at radius 3 is 2.33 bits per heavy atom. The van der Waals surface area contributed by atoms with E-state index < -0.39 is 5.54 Å². The number of para-hydroxylation sites is 2. The number of methoxy groups -OCH3 is 1. The summed E-state index contributed by atoms with van der Waals surface area (Å²) in [4.78, 5) is 0. The second kappa shape index (κ2) is 5.60. The van der Waals surface area contributed by atoms with Crippen LogP contribution in [0.5, 0.6) is 5.75 Å². The molecule has 1 N–H and O–H groups in total. The Balaban J connectivity index is 1.75. The molecule has 0 aromatic heterocycles. The van der Waals surface area contributed by atoms with Gasteiger partial charge in [0.25, 0.3) is 0 Å². The minimum absolute atomic E-state index is 0.428. The summed E-state index contributed by atoms with van der Waals surface area (Å²) in [5.74, 6) is 0.813. The van der Waals surface area contributed by atoms with Crippen LogP contribution in [0.1, 0.15) is 51.4 Å². The summed E-state index contributed by atoms with van der Waals surface area (Å²) in [5, 5.41) is 13.2. The maximum atomic E-state index is 9.74. The summed E-state index contributed by atoms with van der Waals surface area (Å²) in [6.45, 7) is 0. The molecule has 3 nitrogen and oxygen atoms in total. The van der Waals surface area contributed by atoms with E-state index in [0.29, 0.717) is 5.41 Å². The molecule has 2 saturated carbocycles. The van der Waals surface area contributed by atoms with E-state index in [0.717, 1.165) is 24.3 Å². The monoisotopic (exact) mass is 284 g/mol. The average Bonchev–Trinajstić information content (AvgIpc) is 2.99. The number of rotatable bonds is 3. The third-order valence-electron chi connectivity index (χ3n) is 5.52. The van der Waals surface area contributed by atoms with Crippen LogP contribution in [0.15, 0.2) is 24.3 Å². The Kier molecular flexibility index (Phi) is 3.80. The van der Waals surface area contributed by atoms with Crippen LogP contribution in [0.2, 0.25) is 0 Å². The van der Waals surface area contributed by atoms with E-state index in [-0.39, 0.29) is 0 Å². The number of ether oxygens (including phenoxy) is 1. The Morgan fingerprint density at radius 1 is 1.05 bits per heavy atom. The molecule has 112 valence electrons. The molecule has 2 fully saturated rings. The molecule has 1 spiro atoms. The highest BCUT2D eigenvalue weighted by atomic mass is 16.5. The summed E-state index contributed by atoms with van der Waals surface area (Å²) >= 11 is 0. The molecule has 1 aromatic carbocycles. The van der Waals surface area contributed by atoms with Crippen molar-refractivity contribution in [2.24, 2.45) is 5.41 Å². The molecule has 21 heavy (non-hydrogen) atoms. The molecule has 0 atom stereocenters. The topological polar surface area (TPSA) is 45.0 Å². The molecule has 3 heteroatoms. The summed E-state index contributed by atoms with van der Waals surface area (Å²) in [6.07, 6.45) is 9.74. The summed E-state index contributed by atoms with van der Waals surface area (Å²) in [7, 11) is 1.67. The number of hydrogen-bond acceptors (Lipinski definition) is 3. The van der Waals surface area contributed by atoms with Gasteiger partial charge in [0, 0.05) is 0 Å². The van der Waals surface area contributed by atoms with Crippen LogP contribution in [0.4, 0.5) is 5.69 Å². The van der Waals surface area contributed by atoms with Crippen molar-refractivity contribution in [3.05, 3.63) is 24.3 Å². The lowest BCUT2D eigenvalue weighted by molar-refractivity contribution is 0.167. The van der Waals surface area contributed by atoms with Crippen molar-refractivity contribution in [1.82, 2.24) is 0 Å². The predicted octanol–water partition coefficient (Wildman–Crippen LogP) is 4.50. The van der Waals surface area contributed by atoms with Gasteiger partial charge in [0.15, 0.2) is 0 Å². The van der Waals surface area contributed by atoms with E-state index in [1.54, 1.807) is 7.11 Å². The molecular weight excluding hydrogens is 260 g/mol. The van der Waals surface area contributed by atoms with Gasteiger partial charge in [-0.1, -0.05) is 25.0 Å². The van der Waals surface area contributed by atoms with Crippen LogP contribution in [-0.4, -0.2) is 12.6 Å². The van der Waals surface area contributed by atoms with E-state index in [9.17, 15) is 5.26 Å². The molecule has 1 aromatic rings. The molecule has 2 aliphatic carbocycles. The SMILES string of the molecule is COc1ccccc1NC1(C#N)CCC2(CCCC2)CC1. The van der Waals surface area contributed by atoms with Crippen molar-refractivity contribution in [2.45, 2.75) is 56.9 Å². The van der Waals surface area contributed by atoms with Crippen LogP contribution >= 0.6 is 0 Å². The molecule has 0 radical (unpaired) electrons. The van der Waals surface area contributed by atoms with Crippen molar-refractivity contribution in [2.75, 3.05) is 12.4 Å². The van der Waals surface area contributed by atoms with Gasteiger partial charge in [-0.05, 0) is 56.1 Å². The van der Waals surface area contributed by atoms with E-state index in [1.165, 1.54) is 38.5 Å². The Hall–Kier alpha value is -1.69. The van der Waals surface area contributed by atoms with Crippen molar-refractivity contribution in [1.29, 1.82) is 5.26 Å². The van der Waals surface area contributed by atoms with Gasteiger partial charge in [-0.25, -0.2) is 0 Å². The first kappa shape index (κ1) is 14.3. The van der Waals surface area contributed by atoms with Gasteiger partial charge >= 0.3 is 0 Å². The minimum Gasteiger partial charge on any atom is -0.495 e. The zero-order chi connectivity index (χ0) is 14.8. The van der Waals surface area contributed by atoms with Gasteiger partial charge in [0.1, 0.15) is 11.3 Å². The lowest BCUT2D eigenvalue weighted by Crippen LogP contribution is -2.43. The summed E-state index contributed by atoms with van der Waals surface area (Å²) in [5.41, 5.74) is 1.05. The molecule has 0 heterocycles. The van der Waals surface area contributed by atoms with Gasteiger partial charge in [-0.15, -0.1) is 0 Å². The van der Waals surface area contributed by atoms with Crippen molar-refractivity contribution in [3.8, 4) is 11.8 Å². The zero-order valence-corrected chi connectivity index (χ0v) is 12.8. The first-order chi connectivity index (χ1) is 10.2. The van der Waals surface area contributed by atoms with Crippen LogP contribution in [0, 0.1) is 16.7 Å². The van der Waals surface area contributed by atoms with Gasteiger partial charge in [0.05, 0.1) is 18.9 Å². The maximum absolute atomic E-state index is 9.74. The minimum atomic E-state index is -0.428. The van der Waals surface area contributed by atoms with E-state index in [2.05, 4.69) is 11.4 Å². The van der Waals surface area contributed by atoms with E-state index in [4.69, 9.17) is 4.74 Å². The van der Waals surface area contributed by atoms with Crippen LogP contribution in [-0.2, 0) is 0 Å². The fraction of sp³-hybridized carbons (Fsp3) is 0.611. The number of hydrogen-bond donors (Lipinski definition) is 1. The highest BCUT2D eigenvalue weighted by Gasteiger charge is 2.44. The Bertz CT molecular complexity index is 530. The molecule has 0 bridgehead atoms. The van der Waals surface area contributed by atoms with Gasteiger partial charge in [0.2, 0.25) is 0 Å². The number of nitriles is 1. The predicted molar refractivity (Wildman–Crippen MR) is 84.3 cm³/mol. The summed E-state index contributed by atoms with van der Waals surface area (Å²) in [6, 6.07) is 10.4. The zero-order valence-electron chi connectivity index (χ0n) is 12.8. The Labute approximate surface area is 127 Å². The lowest BCUT2D eigenvalue weighted by Gasteiger charge is -2.42. The van der Waals surface area contributed by atoms with Crippen LogP contribution in [0.25, 0.3) is 0 Å². The maximum Gasteiger partial charge on any atom is 0.141 e. The fourth-order valence-electron chi connectivity index (χ4n) is 4.10. The number of anilines is 1. The van der Waals surface area contributed by atoms with Crippen molar-refractivity contribution >= 4 is 5.69 Å². The first-order valence-corrected chi connectivity index (χ1v) is 8.03. The third-order valence-corrected chi connectivity index (χ3v) is 5.52. The average molecular weight is 284 g/mol. The summed E-state index contributed by atoms with van der Waals surface area (Å²) < 4.78 is 5.40. The lowest BCUT2D eigenvalue weighted by atomic mass is 9.67. The molecule has 0 aliphatic heterocycles.